The summed E-state index contributed by atoms with van der Waals surface area (Å²) in [7, 11) is 0. The van der Waals surface area contributed by atoms with Crippen LogP contribution >= 0.6 is 11.3 Å². The highest BCUT2D eigenvalue weighted by molar-refractivity contribution is 7.17. The largest absolute Gasteiger partial charge is 0.492 e. The lowest BCUT2D eigenvalue weighted by molar-refractivity contribution is 0.0749. The number of pyridine rings is 2. The first-order chi connectivity index (χ1) is 14.7. The van der Waals surface area contributed by atoms with Crippen LogP contribution in [0.5, 0.6) is 5.88 Å². The maximum absolute atomic E-state index is 13.2. The molecule has 0 radical (unpaired) electrons. The normalized spacial score (nSPS) is 14.3. The summed E-state index contributed by atoms with van der Waals surface area (Å²) in [4.78, 5) is 34.3. The molecule has 30 heavy (non-hydrogen) atoms. The molecule has 1 saturated heterocycles. The molecule has 1 aliphatic heterocycles. The van der Waals surface area contributed by atoms with E-state index in [2.05, 4.69) is 24.8 Å². The average Bonchev–Trinajstić information content (AvgIpc) is 3.24. The maximum Gasteiger partial charge on any atom is 0.257 e. The molecule has 1 fully saturated rings. The second-order valence-electron chi connectivity index (χ2n) is 6.90. The first kappa shape index (κ1) is 18.4. The van der Waals surface area contributed by atoms with Crippen molar-refractivity contribution in [3.8, 4) is 17.4 Å². The Bertz CT molecular complexity index is 1190. The molecule has 4 aromatic heterocycles. The molecular weight excluding hydrogens is 400 g/mol. The van der Waals surface area contributed by atoms with Crippen LogP contribution in [0.2, 0.25) is 0 Å². The summed E-state index contributed by atoms with van der Waals surface area (Å²) in [6.45, 7) is 2.72. The van der Waals surface area contributed by atoms with Crippen molar-refractivity contribution in [3.63, 3.8) is 0 Å². The molecular formula is C21H18N6O2S. The molecule has 1 aliphatic rings. The number of hydrogen-bond donors (Lipinski definition) is 1. The minimum atomic E-state index is -0.132. The molecule has 0 atom stereocenters. The number of rotatable bonds is 3. The molecule has 1 amide bonds. The summed E-state index contributed by atoms with van der Waals surface area (Å²) in [6, 6.07) is 9.35. The SMILES string of the molecule is O=C(c1csc2c(O)nc(-c3ccccn3)nc12)N1CCN(c2ccncc2)CC1. The predicted octanol–water partition coefficient (Wildman–Crippen LogP) is 2.82. The summed E-state index contributed by atoms with van der Waals surface area (Å²) in [5.41, 5.74) is 2.61. The predicted molar refractivity (Wildman–Crippen MR) is 115 cm³/mol. The molecule has 150 valence electrons. The van der Waals surface area contributed by atoms with Crippen molar-refractivity contribution < 1.29 is 9.90 Å². The van der Waals surface area contributed by atoms with Crippen molar-refractivity contribution in [2.24, 2.45) is 0 Å². The second-order valence-corrected chi connectivity index (χ2v) is 7.78. The van der Waals surface area contributed by atoms with Gasteiger partial charge in [-0.25, -0.2) is 4.98 Å². The van der Waals surface area contributed by atoms with Gasteiger partial charge >= 0.3 is 0 Å². The molecule has 4 aromatic rings. The highest BCUT2D eigenvalue weighted by Gasteiger charge is 2.26. The Morgan fingerprint density at radius 1 is 1.00 bits per heavy atom. The number of fused-ring (bicyclic) bond motifs is 1. The van der Waals surface area contributed by atoms with Crippen LogP contribution in [0.1, 0.15) is 10.4 Å². The molecule has 0 aromatic carbocycles. The lowest BCUT2D eigenvalue weighted by Gasteiger charge is -2.36. The van der Waals surface area contributed by atoms with Crippen LogP contribution in [-0.2, 0) is 0 Å². The van der Waals surface area contributed by atoms with Gasteiger partial charge in [-0.2, -0.15) is 4.98 Å². The standard InChI is InChI=1S/C21H18N6O2S/c28-20-18-17(24-19(25-20)16-3-1-2-6-23-16)15(13-30-18)21(29)27-11-9-26(10-12-27)14-4-7-22-8-5-14/h1-8,13H,9-12H2,(H,24,25,28). The third-order valence-corrected chi connectivity index (χ3v) is 6.08. The van der Waals surface area contributed by atoms with Crippen LogP contribution in [0.4, 0.5) is 5.69 Å². The highest BCUT2D eigenvalue weighted by atomic mass is 32.1. The van der Waals surface area contributed by atoms with E-state index in [1.807, 2.05) is 23.1 Å². The van der Waals surface area contributed by atoms with Crippen molar-refractivity contribution >= 4 is 33.1 Å². The van der Waals surface area contributed by atoms with Crippen LogP contribution in [0, 0.1) is 0 Å². The number of aromatic hydroxyl groups is 1. The van der Waals surface area contributed by atoms with Gasteiger partial charge in [-0.05, 0) is 24.3 Å². The first-order valence-corrected chi connectivity index (χ1v) is 10.4. The molecule has 9 heteroatoms. The van der Waals surface area contributed by atoms with Crippen molar-refractivity contribution in [2.75, 3.05) is 31.1 Å². The van der Waals surface area contributed by atoms with Crippen LogP contribution in [0.25, 0.3) is 21.7 Å². The average molecular weight is 418 g/mol. The lowest BCUT2D eigenvalue weighted by atomic mass is 10.2. The van der Waals surface area contributed by atoms with Crippen molar-refractivity contribution in [3.05, 3.63) is 59.9 Å². The van der Waals surface area contributed by atoms with E-state index in [-0.39, 0.29) is 11.8 Å². The van der Waals surface area contributed by atoms with Gasteiger partial charge in [0, 0.05) is 55.8 Å². The Hall–Kier alpha value is -3.59. The van der Waals surface area contributed by atoms with Crippen molar-refractivity contribution in [2.45, 2.75) is 0 Å². The monoisotopic (exact) mass is 418 g/mol. The van der Waals surface area contributed by atoms with E-state index in [0.29, 0.717) is 40.4 Å². The topological polar surface area (TPSA) is 95.3 Å². The van der Waals surface area contributed by atoms with E-state index in [1.54, 1.807) is 36.1 Å². The number of thiophene rings is 1. The zero-order valence-electron chi connectivity index (χ0n) is 16.0. The van der Waals surface area contributed by atoms with E-state index in [0.717, 1.165) is 18.8 Å². The van der Waals surface area contributed by atoms with E-state index in [9.17, 15) is 9.90 Å². The summed E-state index contributed by atoms with van der Waals surface area (Å²) < 4.78 is 0.508. The van der Waals surface area contributed by atoms with Gasteiger partial charge in [0.1, 0.15) is 15.9 Å². The smallest absolute Gasteiger partial charge is 0.257 e. The number of carbonyl (C=O) groups excluding carboxylic acids is 1. The number of nitrogens with zero attached hydrogens (tertiary/aromatic N) is 6. The fourth-order valence-electron chi connectivity index (χ4n) is 3.56. The molecule has 1 N–H and O–H groups in total. The minimum absolute atomic E-state index is 0.0827. The number of hydrogen-bond acceptors (Lipinski definition) is 8. The van der Waals surface area contributed by atoms with E-state index >= 15 is 0 Å². The number of amides is 1. The Kier molecular flexibility index (Phi) is 4.72. The van der Waals surface area contributed by atoms with Crippen LogP contribution in [0.3, 0.4) is 0 Å². The van der Waals surface area contributed by atoms with Gasteiger partial charge < -0.3 is 14.9 Å². The first-order valence-electron chi connectivity index (χ1n) is 9.54. The number of aromatic nitrogens is 4. The summed E-state index contributed by atoms with van der Waals surface area (Å²) >= 11 is 1.27. The Balaban J connectivity index is 1.41. The summed E-state index contributed by atoms with van der Waals surface area (Å²) in [5.74, 6) is 0.0865. The Morgan fingerprint density at radius 2 is 1.80 bits per heavy atom. The number of anilines is 1. The minimum Gasteiger partial charge on any atom is -0.492 e. The van der Waals surface area contributed by atoms with Gasteiger partial charge in [0.05, 0.1) is 5.56 Å². The van der Waals surface area contributed by atoms with E-state index in [4.69, 9.17) is 0 Å². The third-order valence-electron chi connectivity index (χ3n) is 5.12. The van der Waals surface area contributed by atoms with Gasteiger partial charge in [-0.1, -0.05) is 6.07 Å². The maximum atomic E-state index is 13.2. The number of carbonyl (C=O) groups is 1. The van der Waals surface area contributed by atoms with Crippen LogP contribution in [0.15, 0.2) is 54.3 Å². The van der Waals surface area contributed by atoms with Gasteiger partial charge in [0.25, 0.3) is 5.91 Å². The van der Waals surface area contributed by atoms with Crippen molar-refractivity contribution in [1.82, 2.24) is 24.8 Å². The molecule has 5 heterocycles. The van der Waals surface area contributed by atoms with Crippen LogP contribution < -0.4 is 4.90 Å². The number of piperazine rings is 1. The van der Waals surface area contributed by atoms with Gasteiger partial charge in [-0.3, -0.25) is 14.8 Å². The molecule has 0 bridgehead atoms. The lowest BCUT2D eigenvalue weighted by Crippen LogP contribution is -2.48. The molecule has 0 spiro atoms. The molecule has 0 aliphatic carbocycles. The Labute approximate surface area is 176 Å². The van der Waals surface area contributed by atoms with Crippen molar-refractivity contribution in [1.29, 1.82) is 0 Å². The Morgan fingerprint density at radius 3 is 2.53 bits per heavy atom. The third kappa shape index (κ3) is 3.33. The summed E-state index contributed by atoms with van der Waals surface area (Å²) in [6.07, 6.45) is 5.19. The fraction of sp³-hybridized carbons (Fsp3) is 0.190. The molecule has 5 rings (SSSR count). The summed E-state index contributed by atoms with van der Waals surface area (Å²) in [5, 5.41) is 12.1. The van der Waals surface area contributed by atoms with Gasteiger partial charge in [-0.15, -0.1) is 11.3 Å². The highest BCUT2D eigenvalue weighted by Crippen LogP contribution is 2.33. The van der Waals surface area contributed by atoms with E-state index < -0.39 is 0 Å². The van der Waals surface area contributed by atoms with Gasteiger partial charge in [0.2, 0.25) is 5.88 Å². The second kappa shape index (κ2) is 7.68. The fourth-order valence-corrected chi connectivity index (χ4v) is 4.42. The quantitative estimate of drug-likeness (QED) is 0.547. The van der Waals surface area contributed by atoms with Gasteiger partial charge in [0.15, 0.2) is 5.82 Å². The zero-order valence-corrected chi connectivity index (χ0v) is 16.8. The molecule has 8 nitrogen and oxygen atoms in total. The zero-order chi connectivity index (χ0) is 20.5. The molecule has 0 saturated carbocycles. The van der Waals surface area contributed by atoms with E-state index in [1.165, 1.54) is 11.3 Å². The van der Waals surface area contributed by atoms with Crippen LogP contribution in [-0.4, -0.2) is 62.0 Å². The molecule has 0 unspecified atom stereocenters.